The number of hydrogen-bond donors (Lipinski definition) is 1. The molecule has 92 valence electrons. The molecule has 0 bridgehead atoms. The molecule has 0 saturated carbocycles. The summed E-state index contributed by atoms with van der Waals surface area (Å²) in [6.45, 7) is 15.1. The molecule has 0 aliphatic carbocycles. The average Bonchev–Trinajstić information content (AvgIpc) is 2.14. The monoisotopic (exact) mass is 215 g/mol. The molecule has 0 aromatic heterocycles. The molecule has 0 aromatic rings. The Kier molecular flexibility index (Phi) is 7.20. The van der Waals surface area contributed by atoms with Crippen LogP contribution in [0.4, 0.5) is 0 Å². The topological polar surface area (TPSA) is 21.3 Å². The van der Waals surface area contributed by atoms with Gasteiger partial charge in [0.2, 0.25) is 0 Å². The maximum atomic E-state index is 5.73. The summed E-state index contributed by atoms with van der Waals surface area (Å²) in [7, 11) is 0. The first kappa shape index (κ1) is 14.9. The molecule has 0 aromatic carbocycles. The van der Waals surface area contributed by atoms with Crippen molar-refractivity contribution < 1.29 is 4.74 Å². The fourth-order valence-corrected chi connectivity index (χ4v) is 1.11. The summed E-state index contributed by atoms with van der Waals surface area (Å²) in [6.07, 6.45) is 2.61. The Hall–Kier alpha value is -0.0800. The normalized spacial score (nSPS) is 14.6. The van der Waals surface area contributed by atoms with Crippen LogP contribution in [0.1, 0.15) is 54.4 Å². The van der Waals surface area contributed by atoms with Gasteiger partial charge in [0.25, 0.3) is 0 Å². The molecule has 15 heavy (non-hydrogen) atoms. The summed E-state index contributed by atoms with van der Waals surface area (Å²) in [6, 6.07) is 0. The van der Waals surface area contributed by atoms with Crippen LogP contribution in [-0.2, 0) is 4.74 Å². The van der Waals surface area contributed by atoms with Crippen molar-refractivity contribution in [2.75, 3.05) is 13.2 Å². The SMILES string of the molecule is CCC(C)(C)NCC(C)OCCC(C)C. The lowest BCUT2D eigenvalue weighted by Crippen LogP contribution is -2.42. The van der Waals surface area contributed by atoms with E-state index in [0.29, 0.717) is 6.10 Å². The smallest absolute Gasteiger partial charge is 0.0671 e. The van der Waals surface area contributed by atoms with Crippen LogP contribution >= 0.6 is 0 Å². The van der Waals surface area contributed by atoms with E-state index in [9.17, 15) is 0 Å². The molecule has 1 N–H and O–H groups in total. The predicted molar refractivity (Wildman–Crippen MR) is 67.2 cm³/mol. The van der Waals surface area contributed by atoms with Crippen LogP contribution in [-0.4, -0.2) is 24.8 Å². The molecule has 0 saturated heterocycles. The molecule has 2 nitrogen and oxygen atoms in total. The maximum Gasteiger partial charge on any atom is 0.0671 e. The Morgan fingerprint density at radius 1 is 1.20 bits per heavy atom. The molecule has 0 fully saturated rings. The molecule has 0 aliphatic rings. The second kappa shape index (κ2) is 7.24. The van der Waals surface area contributed by atoms with E-state index in [2.05, 4.69) is 46.9 Å². The summed E-state index contributed by atoms with van der Waals surface area (Å²) in [5.41, 5.74) is 0.232. The second-order valence-electron chi connectivity index (χ2n) is 5.48. The minimum atomic E-state index is 0.232. The first-order valence-electron chi connectivity index (χ1n) is 6.24. The molecule has 0 amide bonds. The van der Waals surface area contributed by atoms with Crippen LogP contribution in [0.15, 0.2) is 0 Å². The van der Waals surface area contributed by atoms with Crippen LogP contribution in [0.2, 0.25) is 0 Å². The predicted octanol–water partition coefficient (Wildman–Crippen LogP) is 3.22. The van der Waals surface area contributed by atoms with Gasteiger partial charge in [0.05, 0.1) is 6.10 Å². The van der Waals surface area contributed by atoms with E-state index < -0.39 is 0 Å². The highest BCUT2D eigenvalue weighted by Gasteiger charge is 2.15. The lowest BCUT2D eigenvalue weighted by Gasteiger charge is -2.26. The summed E-state index contributed by atoms with van der Waals surface area (Å²) >= 11 is 0. The number of rotatable bonds is 8. The Balaban J connectivity index is 3.53. The lowest BCUT2D eigenvalue weighted by atomic mass is 10.0. The van der Waals surface area contributed by atoms with Crippen molar-refractivity contribution in [3.05, 3.63) is 0 Å². The molecule has 0 radical (unpaired) electrons. The van der Waals surface area contributed by atoms with Crippen molar-refractivity contribution in [2.24, 2.45) is 5.92 Å². The van der Waals surface area contributed by atoms with Crippen LogP contribution in [0.3, 0.4) is 0 Å². The minimum Gasteiger partial charge on any atom is -0.377 e. The zero-order chi connectivity index (χ0) is 11.9. The first-order chi connectivity index (χ1) is 6.87. The molecule has 0 aliphatic heterocycles. The largest absolute Gasteiger partial charge is 0.377 e. The van der Waals surface area contributed by atoms with Crippen LogP contribution in [0.25, 0.3) is 0 Å². The Labute approximate surface area is 95.8 Å². The quantitative estimate of drug-likeness (QED) is 0.671. The van der Waals surface area contributed by atoms with Gasteiger partial charge in [-0.2, -0.15) is 0 Å². The van der Waals surface area contributed by atoms with Crippen LogP contribution in [0, 0.1) is 5.92 Å². The third-order valence-corrected chi connectivity index (χ3v) is 2.85. The van der Waals surface area contributed by atoms with E-state index >= 15 is 0 Å². The summed E-state index contributed by atoms with van der Waals surface area (Å²) in [5.74, 6) is 0.734. The van der Waals surface area contributed by atoms with Gasteiger partial charge >= 0.3 is 0 Å². The summed E-state index contributed by atoms with van der Waals surface area (Å²) in [4.78, 5) is 0. The highest BCUT2D eigenvalue weighted by Crippen LogP contribution is 2.07. The molecular weight excluding hydrogens is 186 g/mol. The van der Waals surface area contributed by atoms with E-state index in [1.54, 1.807) is 0 Å². The van der Waals surface area contributed by atoms with Crippen LogP contribution < -0.4 is 5.32 Å². The van der Waals surface area contributed by atoms with Gasteiger partial charge in [0.1, 0.15) is 0 Å². The summed E-state index contributed by atoms with van der Waals surface area (Å²) in [5, 5.41) is 3.52. The number of hydrogen-bond acceptors (Lipinski definition) is 2. The Morgan fingerprint density at radius 3 is 2.27 bits per heavy atom. The van der Waals surface area contributed by atoms with Crippen molar-refractivity contribution >= 4 is 0 Å². The Morgan fingerprint density at radius 2 is 1.80 bits per heavy atom. The molecule has 0 rings (SSSR count). The molecular formula is C13H29NO. The molecule has 2 heteroatoms. The van der Waals surface area contributed by atoms with E-state index in [1.165, 1.54) is 0 Å². The highest BCUT2D eigenvalue weighted by molar-refractivity contribution is 4.76. The van der Waals surface area contributed by atoms with Gasteiger partial charge in [0, 0.05) is 18.7 Å². The van der Waals surface area contributed by atoms with E-state index in [-0.39, 0.29) is 5.54 Å². The van der Waals surface area contributed by atoms with Crippen molar-refractivity contribution in [1.82, 2.24) is 5.32 Å². The Bertz CT molecular complexity index is 155. The van der Waals surface area contributed by atoms with E-state index in [4.69, 9.17) is 4.74 Å². The third kappa shape index (κ3) is 8.88. The van der Waals surface area contributed by atoms with Gasteiger partial charge in [-0.1, -0.05) is 20.8 Å². The second-order valence-corrected chi connectivity index (χ2v) is 5.48. The van der Waals surface area contributed by atoms with Crippen molar-refractivity contribution in [3.8, 4) is 0 Å². The van der Waals surface area contributed by atoms with Crippen molar-refractivity contribution in [3.63, 3.8) is 0 Å². The van der Waals surface area contributed by atoms with Gasteiger partial charge in [-0.25, -0.2) is 0 Å². The van der Waals surface area contributed by atoms with E-state index in [1.807, 2.05) is 0 Å². The lowest BCUT2D eigenvalue weighted by molar-refractivity contribution is 0.0538. The third-order valence-electron chi connectivity index (χ3n) is 2.85. The van der Waals surface area contributed by atoms with Gasteiger partial charge in [-0.05, 0) is 39.5 Å². The molecule has 1 atom stereocenters. The van der Waals surface area contributed by atoms with Gasteiger partial charge in [0.15, 0.2) is 0 Å². The average molecular weight is 215 g/mol. The first-order valence-corrected chi connectivity index (χ1v) is 6.24. The number of ether oxygens (including phenoxy) is 1. The van der Waals surface area contributed by atoms with Crippen LogP contribution in [0.5, 0.6) is 0 Å². The standard InChI is InChI=1S/C13H29NO/c1-7-13(5,6)14-10-12(4)15-9-8-11(2)3/h11-12,14H,7-10H2,1-6H3. The van der Waals surface area contributed by atoms with Crippen molar-refractivity contribution in [1.29, 1.82) is 0 Å². The number of nitrogens with one attached hydrogen (secondary N) is 1. The maximum absolute atomic E-state index is 5.73. The van der Waals surface area contributed by atoms with E-state index in [0.717, 1.165) is 31.9 Å². The zero-order valence-corrected chi connectivity index (χ0v) is 11.4. The van der Waals surface area contributed by atoms with Gasteiger partial charge in [-0.3, -0.25) is 0 Å². The highest BCUT2D eigenvalue weighted by atomic mass is 16.5. The zero-order valence-electron chi connectivity index (χ0n) is 11.4. The fraction of sp³-hybridized carbons (Fsp3) is 1.00. The molecule has 0 spiro atoms. The fourth-order valence-electron chi connectivity index (χ4n) is 1.11. The minimum absolute atomic E-state index is 0.232. The molecule has 1 unspecified atom stereocenters. The van der Waals surface area contributed by atoms with Gasteiger partial charge < -0.3 is 10.1 Å². The van der Waals surface area contributed by atoms with Gasteiger partial charge in [-0.15, -0.1) is 0 Å². The molecule has 0 heterocycles. The summed E-state index contributed by atoms with van der Waals surface area (Å²) < 4.78 is 5.73. The van der Waals surface area contributed by atoms with Crippen molar-refractivity contribution in [2.45, 2.75) is 66.0 Å².